The SMILES string of the molecule is O=C(O)C=CC(=O)Nc1cccc(C=CC(=O)c2cccc(NC(=O)C=CC(=O)O)c2)c1. The van der Waals surface area contributed by atoms with Crippen LogP contribution in [0.15, 0.2) is 78.9 Å². The van der Waals surface area contributed by atoms with Gasteiger partial charge >= 0.3 is 11.9 Å². The maximum atomic E-state index is 12.5. The molecule has 32 heavy (non-hydrogen) atoms. The molecule has 9 nitrogen and oxygen atoms in total. The molecule has 9 heteroatoms. The Hall–Kier alpha value is -4.79. The van der Waals surface area contributed by atoms with E-state index in [1.165, 1.54) is 18.2 Å². The molecule has 2 rings (SSSR count). The number of aliphatic carboxylic acids is 2. The molecule has 2 amide bonds. The van der Waals surface area contributed by atoms with Gasteiger partial charge in [-0.05, 0) is 35.9 Å². The number of nitrogens with one attached hydrogen (secondary N) is 2. The fourth-order valence-electron chi connectivity index (χ4n) is 2.40. The second-order valence-corrected chi connectivity index (χ2v) is 6.23. The van der Waals surface area contributed by atoms with Gasteiger partial charge in [0, 0.05) is 41.2 Å². The second kappa shape index (κ2) is 11.4. The first-order valence-electron chi connectivity index (χ1n) is 9.09. The number of anilines is 2. The van der Waals surface area contributed by atoms with Crippen molar-refractivity contribution in [1.82, 2.24) is 0 Å². The van der Waals surface area contributed by atoms with Crippen molar-refractivity contribution in [2.45, 2.75) is 0 Å². The van der Waals surface area contributed by atoms with Gasteiger partial charge in [0.05, 0.1) is 0 Å². The molecule has 4 N–H and O–H groups in total. The first-order chi connectivity index (χ1) is 15.2. The summed E-state index contributed by atoms with van der Waals surface area (Å²) in [7, 11) is 0. The van der Waals surface area contributed by atoms with Gasteiger partial charge in [0.15, 0.2) is 5.78 Å². The van der Waals surface area contributed by atoms with Gasteiger partial charge in [-0.15, -0.1) is 0 Å². The average molecular weight is 434 g/mol. The molecule has 0 saturated carbocycles. The van der Waals surface area contributed by atoms with Crippen LogP contribution >= 0.6 is 0 Å². The first kappa shape index (κ1) is 23.5. The smallest absolute Gasteiger partial charge is 0.328 e. The van der Waals surface area contributed by atoms with Crippen LogP contribution in [0.2, 0.25) is 0 Å². The van der Waals surface area contributed by atoms with Gasteiger partial charge in [-0.2, -0.15) is 0 Å². The molecule has 0 spiro atoms. The topological polar surface area (TPSA) is 150 Å². The highest BCUT2D eigenvalue weighted by atomic mass is 16.4. The molecular weight excluding hydrogens is 416 g/mol. The number of carbonyl (C=O) groups is 5. The maximum absolute atomic E-state index is 12.5. The number of hydrogen-bond donors (Lipinski definition) is 4. The quantitative estimate of drug-likeness (QED) is 0.350. The molecule has 162 valence electrons. The zero-order valence-electron chi connectivity index (χ0n) is 16.5. The Morgan fingerprint density at radius 2 is 1.19 bits per heavy atom. The van der Waals surface area contributed by atoms with Crippen molar-refractivity contribution in [1.29, 1.82) is 0 Å². The van der Waals surface area contributed by atoms with Crippen LogP contribution in [0, 0.1) is 0 Å². The van der Waals surface area contributed by atoms with Gasteiger partial charge in [0.25, 0.3) is 0 Å². The lowest BCUT2D eigenvalue weighted by molar-refractivity contribution is -0.132. The fraction of sp³-hybridized carbons (Fsp3) is 0. The molecule has 2 aromatic carbocycles. The van der Waals surface area contributed by atoms with Crippen LogP contribution in [0.5, 0.6) is 0 Å². The molecular formula is C23H18N2O7. The Morgan fingerprint density at radius 3 is 1.75 bits per heavy atom. The molecule has 0 radical (unpaired) electrons. The second-order valence-electron chi connectivity index (χ2n) is 6.23. The number of rotatable bonds is 9. The highest BCUT2D eigenvalue weighted by molar-refractivity contribution is 6.08. The third kappa shape index (κ3) is 8.29. The van der Waals surface area contributed by atoms with Crippen molar-refractivity contribution >= 4 is 47.0 Å². The average Bonchev–Trinajstić information content (AvgIpc) is 2.75. The summed E-state index contributed by atoms with van der Waals surface area (Å²) in [4.78, 5) is 56.7. The van der Waals surface area contributed by atoms with Crippen LogP contribution in [0.3, 0.4) is 0 Å². The first-order valence-corrected chi connectivity index (χ1v) is 9.09. The van der Waals surface area contributed by atoms with Crippen molar-refractivity contribution in [2.75, 3.05) is 10.6 Å². The lowest BCUT2D eigenvalue weighted by Crippen LogP contribution is -2.09. The Morgan fingerprint density at radius 1 is 0.656 bits per heavy atom. The zero-order chi connectivity index (χ0) is 23.5. The molecule has 2 aromatic rings. The molecule has 0 heterocycles. The van der Waals surface area contributed by atoms with Crippen LogP contribution in [0.4, 0.5) is 11.4 Å². The predicted octanol–water partition coefficient (Wildman–Crippen LogP) is 2.74. The van der Waals surface area contributed by atoms with E-state index in [2.05, 4.69) is 10.6 Å². The minimum atomic E-state index is -1.26. The molecule has 0 aliphatic carbocycles. The summed E-state index contributed by atoms with van der Waals surface area (Å²) in [5.74, 6) is -4.10. The Bertz CT molecular complexity index is 1150. The van der Waals surface area contributed by atoms with E-state index in [1.54, 1.807) is 42.5 Å². The summed E-state index contributed by atoms with van der Waals surface area (Å²) >= 11 is 0. The largest absolute Gasteiger partial charge is 0.478 e. The summed E-state index contributed by atoms with van der Waals surface area (Å²) in [5.41, 5.74) is 1.65. The Labute approximate surface area is 182 Å². The summed E-state index contributed by atoms with van der Waals surface area (Å²) < 4.78 is 0. The van der Waals surface area contributed by atoms with Gasteiger partial charge in [0.1, 0.15) is 0 Å². The lowest BCUT2D eigenvalue weighted by Gasteiger charge is -2.04. The van der Waals surface area contributed by atoms with Crippen molar-refractivity contribution in [3.63, 3.8) is 0 Å². The number of carboxylic acid groups (broad SMARTS) is 2. The number of ketones is 1. The molecule has 0 fully saturated rings. The van der Waals surface area contributed by atoms with Gasteiger partial charge in [-0.1, -0.05) is 30.3 Å². The molecule has 0 aliphatic heterocycles. The van der Waals surface area contributed by atoms with E-state index in [0.717, 1.165) is 18.2 Å². The third-order valence-corrected chi connectivity index (χ3v) is 3.75. The van der Waals surface area contributed by atoms with E-state index >= 15 is 0 Å². The molecule has 0 unspecified atom stereocenters. The molecule has 0 saturated heterocycles. The van der Waals surface area contributed by atoms with Crippen LogP contribution < -0.4 is 10.6 Å². The number of benzene rings is 2. The third-order valence-electron chi connectivity index (χ3n) is 3.75. The summed E-state index contributed by atoms with van der Waals surface area (Å²) in [6, 6.07) is 12.7. The van der Waals surface area contributed by atoms with Gasteiger partial charge in [-0.3, -0.25) is 14.4 Å². The zero-order valence-corrected chi connectivity index (χ0v) is 16.5. The van der Waals surface area contributed by atoms with Crippen LogP contribution in [-0.2, 0) is 19.2 Å². The highest BCUT2D eigenvalue weighted by Crippen LogP contribution is 2.15. The number of amides is 2. The Balaban J connectivity index is 2.05. The lowest BCUT2D eigenvalue weighted by atomic mass is 10.1. The normalized spacial score (nSPS) is 11.0. The maximum Gasteiger partial charge on any atom is 0.328 e. The fourth-order valence-corrected chi connectivity index (χ4v) is 2.40. The standard InChI is InChI=1S/C23H18N2O7/c26-19(16-4-2-6-18(14-16)25-21(28)10-12-23(31)32)8-7-15-3-1-5-17(13-15)24-20(27)9-11-22(29)30/h1-14H,(H,24,27)(H,25,28)(H,29,30)(H,31,32). The highest BCUT2D eigenvalue weighted by Gasteiger charge is 2.05. The summed E-state index contributed by atoms with van der Waals surface area (Å²) in [6.45, 7) is 0. The van der Waals surface area contributed by atoms with Gasteiger partial charge in [0.2, 0.25) is 11.8 Å². The van der Waals surface area contributed by atoms with Gasteiger partial charge in [-0.25, -0.2) is 9.59 Å². The molecule has 0 aromatic heterocycles. The van der Waals surface area contributed by atoms with Crippen molar-refractivity contribution in [3.05, 3.63) is 90.0 Å². The minimum Gasteiger partial charge on any atom is -0.478 e. The van der Waals surface area contributed by atoms with Crippen molar-refractivity contribution in [3.8, 4) is 0 Å². The monoisotopic (exact) mass is 434 g/mol. The predicted molar refractivity (Wildman–Crippen MR) is 117 cm³/mol. The van der Waals surface area contributed by atoms with E-state index in [-0.39, 0.29) is 5.78 Å². The van der Waals surface area contributed by atoms with Crippen LogP contribution in [-0.4, -0.2) is 39.7 Å². The Kier molecular flexibility index (Phi) is 8.37. The van der Waals surface area contributed by atoms with Crippen LogP contribution in [0.25, 0.3) is 6.08 Å². The van der Waals surface area contributed by atoms with E-state index in [9.17, 15) is 24.0 Å². The summed E-state index contributed by atoms with van der Waals surface area (Å²) in [5, 5.41) is 22.0. The molecule has 0 aliphatic rings. The number of hydrogen-bond acceptors (Lipinski definition) is 5. The van der Waals surface area contributed by atoms with Crippen molar-refractivity contribution in [2.24, 2.45) is 0 Å². The molecule has 0 bridgehead atoms. The minimum absolute atomic E-state index is 0.296. The van der Waals surface area contributed by atoms with Crippen molar-refractivity contribution < 1.29 is 34.2 Å². The number of allylic oxidation sites excluding steroid dienone is 1. The van der Waals surface area contributed by atoms with E-state index in [0.29, 0.717) is 28.6 Å². The number of carbonyl (C=O) groups excluding carboxylic acids is 3. The van der Waals surface area contributed by atoms with Crippen LogP contribution in [0.1, 0.15) is 15.9 Å². The summed E-state index contributed by atoms with van der Waals surface area (Å²) in [6.07, 6.45) is 6.02. The van der Waals surface area contributed by atoms with E-state index < -0.39 is 23.8 Å². The van der Waals surface area contributed by atoms with E-state index in [1.807, 2.05) is 0 Å². The molecule has 0 atom stereocenters. The number of carboxylic acids is 2. The van der Waals surface area contributed by atoms with E-state index in [4.69, 9.17) is 10.2 Å². The van der Waals surface area contributed by atoms with Gasteiger partial charge < -0.3 is 20.8 Å².